The van der Waals surface area contributed by atoms with E-state index in [1.54, 1.807) is 0 Å². The highest BCUT2D eigenvalue weighted by atomic mass is 15.1. The third kappa shape index (κ3) is 2.34. The molecule has 0 fully saturated rings. The monoisotopic (exact) mass is 194 g/mol. The Balaban J connectivity index is 5.15. The molecule has 0 radical (unpaired) electrons. The molecular formula is C13H24N+. The van der Waals surface area contributed by atoms with Crippen molar-refractivity contribution in [1.82, 2.24) is 0 Å². The predicted octanol–water partition coefficient (Wildman–Crippen LogP) is 3.27. The molecule has 2 atom stereocenters. The Morgan fingerprint density at radius 2 is 1.93 bits per heavy atom. The highest BCUT2D eigenvalue weighted by Crippen LogP contribution is 2.28. The van der Waals surface area contributed by atoms with Gasteiger partial charge in [0.2, 0.25) is 0 Å². The lowest BCUT2D eigenvalue weighted by Crippen LogP contribution is -2.44. The summed E-state index contributed by atoms with van der Waals surface area (Å²) >= 11 is 0. The summed E-state index contributed by atoms with van der Waals surface area (Å²) in [6.07, 6.45) is 8.16. The van der Waals surface area contributed by atoms with Crippen molar-refractivity contribution in [3.63, 3.8) is 0 Å². The van der Waals surface area contributed by atoms with Crippen LogP contribution in [0.1, 0.15) is 33.6 Å². The maximum Gasteiger partial charge on any atom is 0.182 e. The SMILES string of the molecule is C=CC=[N+](C)C(C=C)(CC)C(C)CC. The molecule has 1 heteroatoms. The Hall–Kier alpha value is -0.850. The molecule has 0 saturated heterocycles. The van der Waals surface area contributed by atoms with Gasteiger partial charge in [-0.15, -0.1) is 0 Å². The first-order chi connectivity index (χ1) is 6.58. The third-order valence-electron chi connectivity index (χ3n) is 3.37. The second-order valence-corrected chi connectivity index (χ2v) is 3.85. The van der Waals surface area contributed by atoms with Gasteiger partial charge in [-0.3, -0.25) is 0 Å². The lowest BCUT2D eigenvalue weighted by Gasteiger charge is -2.30. The van der Waals surface area contributed by atoms with Crippen LogP contribution >= 0.6 is 0 Å². The van der Waals surface area contributed by atoms with E-state index >= 15 is 0 Å². The van der Waals surface area contributed by atoms with E-state index in [1.807, 2.05) is 12.3 Å². The zero-order chi connectivity index (χ0) is 11.2. The molecule has 0 aromatic heterocycles. The van der Waals surface area contributed by atoms with Crippen LogP contribution in [-0.4, -0.2) is 23.4 Å². The summed E-state index contributed by atoms with van der Waals surface area (Å²) in [7, 11) is 2.10. The first-order valence-corrected chi connectivity index (χ1v) is 5.41. The van der Waals surface area contributed by atoms with E-state index in [-0.39, 0.29) is 5.54 Å². The smallest absolute Gasteiger partial charge is 0.182 e. The van der Waals surface area contributed by atoms with Gasteiger partial charge in [0.05, 0.1) is 0 Å². The highest BCUT2D eigenvalue weighted by Gasteiger charge is 2.38. The van der Waals surface area contributed by atoms with E-state index in [4.69, 9.17) is 0 Å². The van der Waals surface area contributed by atoms with E-state index in [1.165, 1.54) is 0 Å². The molecule has 0 aliphatic carbocycles. The van der Waals surface area contributed by atoms with Crippen LogP contribution in [0.5, 0.6) is 0 Å². The minimum atomic E-state index is 0.0724. The predicted molar refractivity (Wildman–Crippen MR) is 65.1 cm³/mol. The van der Waals surface area contributed by atoms with Crippen LogP contribution in [0.3, 0.4) is 0 Å². The number of nitrogens with zero attached hydrogens (tertiary/aromatic N) is 1. The van der Waals surface area contributed by atoms with Gasteiger partial charge in [0.1, 0.15) is 7.05 Å². The molecule has 0 saturated carbocycles. The van der Waals surface area contributed by atoms with Crippen LogP contribution < -0.4 is 0 Å². The topological polar surface area (TPSA) is 3.01 Å². The van der Waals surface area contributed by atoms with Crippen molar-refractivity contribution in [2.75, 3.05) is 7.05 Å². The summed E-state index contributed by atoms with van der Waals surface area (Å²) < 4.78 is 2.22. The molecular weight excluding hydrogens is 170 g/mol. The van der Waals surface area contributed by atoms with Gasteiger partial charge < -0.3 is 0 Å². The summed E-state index contributed by atoms with van der Waals surface area (Å²) in [6, 6.07) is 0. The number of hydrogen-bond acceptors (Lipinski definition) is 0. The quantitative estimate of drug-likeness (QED) is 0.347. The van der Waals surface area contributed by atoms with Crippen LogP contribution in [0.15, 0.2) is 25.3 Å². The van der Waals surface area contributed by atoms with Gasteiger partial charge in [0.15, 0.2) is 11.8 Å². The Labute approximate surface area is 88.8 Å². The van der Waals surface area contributed by atoms with Gasteiger partial charge in [0.25, 0.3) is 0 Å². The normalized spacial score (nSPS) is 18.4. The molecule has 80 valence electrons. The maximum absolute atomic E-state index is 3.98. The molecule has 0 aromatic rings. The van der Waals surface area contributed by atoms with Crippen LogP contribution in [0.4, 0.5) is 0 Å². The van der Waals surface area contributed by atoms with E-state index in [0.717, 1.165) is 12.8 Å². The molecule has 0 aliphatic heterocycles. The first-order valence-electron chi connectivity index (χ1n) is 5.41. The van der Waals surface area contributed by atoms with Gasteiger partial charge in [-0.25, -0.2) is 4.58 Å². The van der Waals surface area contributed by atoms with Gasteiger partial charge in [-0.1, -0.05) is 33.9 Å². The molecule has 0 N–H and O–H groups in total. The lowest BCUT2D eigenvalue weighted by molar-refractivity contribution is -0.575. The Kier molecular flexibility index (Phi) is 5.44. The zero-order valence-corrected chi connectivity index (χ0v) is 10.1. The van der Waals surface area contributed by atoms with Crippen molar-refractivity contribution in [3.05, 3.63) is 25.3 Å². The minimum absolute atomic E-state index is 0.0724. The molecule has 0 amide bonds. The minimum Gasteiger partial charge on any atom is -0.229 e. The number of rotatable bonds is 6. The number of likely N-dealkylation sites (N-methyl/N-ethyl adjacent to an activating group) is 1. The molecule has 0 spiro atoms. The standard InChI is InChI=1S/C13H24N/c1-7-11-14(6)13(9-3,10-4)12(5)8-2/h7,9,11-12H,1,3,8,10H2,2,4-6H3/q+1. The maximum atomic E-state index is 3.98. The fourth-order valence-electron chi connectivity index (χ4n) is 2.09. The molecule has 14 heavy (non-hydrogen) atoms. The lowest BCUT2D eigenvalue weighted by atomic mass is 9.80. The fraction of sp³-hybridized carbons (Fsp3) is 0.615. The highest BCUT2D eigenvalue weighted by molar-refractivity contribution is 5.65. The van der Waals surface area contributed by atoms with Crippen LogP contribution in [0.25, 0.3) is 0 Å². The Bertz CT molecular complexity index is 227. The molecule has 2 unspecified atom stereocenters. The summed E-state index contributed by atoms with van der Waals surface area (Å²) in [6.45, 7) is 14.4. The summed E-state index contributed by atoms with van der Waals surface area (Å²) in [5.41, 5.74) is 0.0724. The van der Waals surface area contributed by atoms with E-state index < -0.39 is 0 Å². The van der Waals surface area contributed by atoms with Gasteiger partial charge in [-0.2, -0.15) is 0 Å². The second-order valence-electron chi connectivity index (χ2n) is 3.85. The molecule has 1 nitrogen and oxygen atoms in total. The summed E-state index contributed by atoms with van der Waals surface area (Å²) in [4.78, 5) is 0. The summed E-state index contributed by atoms with van der Waals surface area (Å²) in [5, 5.41) is 0. The van der Waals surface area contributed by atoms with Gasteiger partial charge in [-0.05, 0) is 18.6 Å². The molecule has 0 bridgehead atoms. The fourth-order valence-corrected chi connectivity index (χ4v) is 2.09. The van der Waals surface area contributed by atoms with Crippen molar-refractivity contribution in [2.24, 2.45) is 5.92 Å². The van der Waals surface area contributed by atoms with E-state index in [0.29, 0.717) is 5.92 Å². The van der Waals surface area contributed by atoms with E-state index in [2.05, 4.69) is 51.6 Å². The molecule has 0 rings (SSSR count). The third-order valence-corrected chi connectivity index (χ3v) is 3.37. The molecule has 0 aromatic carbocycles. The first kappa shape index (κ1) is 13.2. The van der Waals surface area contributed by atoms with Crippen molar-refractivity contribution in [3.8, 4) is 0 Å². The Morgan fingerprint density at radius 3 is 2.21 bits per heavy atom. The van der Waals surface area contributed by atoms with E-state index in [9.17, 15) is 0 Å². The van der Waals surface area contributed by atoms with Crippen molar-refractivity contribution in [1.29, 1.82) is 0 Å². The van der Waals surface area contributed by atoms with Crippen molar-refractivity contribution in [2.45, 2.75) is 39.2 Å². The number of hydrogen-bond donors (Lipinski definition) is 0. The largest absolute Gasteiger partial charge is 0.229 e. The summed E-state index contributed by atoms with van der Waals surface area (Å²) in [5.74, 6) is 0.603. The van der Waals surface area contributed by atoms with Crippen molar-refractivity contribution < 1.29 is 4.58 Å². The molecule has 0 aliphatic rings. The average molecular weight is 194 g/mol. The zero-order valence-electron chi connectivity index (χ0n) is 10.1. The number of allylic oxidation sites excluding steroid dienone is 1. The molecule has 0 heterocycles. The van der Waals surface area contributed by atoms with Crippen molar-refractivity contribution >= 4 is 6.21 Å². The van der Waals surface area contributed by atoms with Gasteiger partial charge in [0, 0.05) is 12.3 Å². The van der Waals surface area contributed by atoms with Crippen LogP contribution in [-0.2, 0) is 0 Å². The average Bonchev–Trinajstić information content (AvgIpc) is 2.20. The van der Waals surface area contributed by atoms with Crippen LogP contribution in [0, 0.1) is 5.92 Å². The van der Waals surface area contributed by atoms with Gasteiger partial charge >= 0.3 is 0 Å². The Morgan fingerprint density at radius 1 is 1.36 bits per heavy atom. The second kappa shape index (κ2) is 5.79. The van der Waals surface area contributed by atoms with Crippen LogP contribution in [0.2, 0.25) is 0 Å².